The van der Waals surface area contributed by atoms with Crippen molar-refractivity contribution >= 4 is 5.78 Å². The summed E-state index contributed by atoms with van der Waals surface area (Å²) in [6, 6.07) is 0.0501. The average Bonchev–Trinajstić information content (AvgIpc) is 2.57. The van der Waals surface area contributed by atoms with Crippen LogP contribution in [0.15, 0.2) is 0 Å². The Hall–Kier alpha value is -1.23. The van der Waals surface area contributed by atoms with Gasteiger partial charge in [-0.15, -0.1) is 5.10 Å². The maximum Gasteiger partial charge on any atom is 0.188 e. The standard InChI is InChI=1S/C11H19N3O2/c1-7(2)14-9(8(6-15)12-13-14)10(16)11(3,4)5/h7,15H,6H2,1-5H3. The molecule has 0 saturated carbocycles. The molecule has 0 spiro atoms. The minimum Gasteiger partial charge on any atom is -0.390 e. The summed E-state index contributed by atoms with van der Waals surface area (Å²) in [5, 5.41) is 16.9. The van der Waals surface area contributed by atoms with E-state index in [9.17, 15) is 4.79 Å². The summed E-state index contributed by atoms with van der Waals surface area (Å²) in [5.74, 6) is -0.0461. The van der Waals surface area contributed by atoms with E-state index in [4.69, 9.17) is 5.11 Å². The van der Waals surface area contributed by atoms with Crippen molar-refractivity contribution in [3.05, 3.63) is 11.4 Å². The molecule has 0 unspecified atom stereocenters. The summed E-state index contributed by atoms with van der Waals surface area (Å²) < 4.78 is 1.57. The first-order valence-electron chi connectivity index (χ1n) is 5.38. The van der Waals surface area contributed by atoms with Gasteiger partial charge in [0.15, 0.2) is 5.78 Å². The summed E-state index contributed by atoms with van der Waals surface area (Å²) in [4.78, 5) is 12.2. The van der Waals surface area contributed by atoms with Crippen molar-refractivity contribution in [2.45, 2.75) is 47.3 Å². The minimum atomic E-state index is -0.502. The van der Waals surface area contributed by atoms with E-state index < -0.39 is 5.41 Å². The number of aliphatic hydroxyl groups excluding tert-OH is 1. The molecule has 0 atom stereocenters. The lowest BCUT2D eigenvalue weighted by molar-refractivity contribution is 0.0841. The smallest absolute Gasteiger partial charge is 0.188 e. The Bertz CT molecular complexity index is 388. The molecule has 0 radical (unpaired) electrons. The van der Waals surface area contributed by atoms with E-state index in [1.54, 1.807) is 4.68 Å². The van der Waals surface area contributed by atoms with Crippen LogP contribution in [-0.4, -0.2) is 25.9 Å². The third-order valence-corrected chi connectivity index (χ3v) is 2.30. The Morgan fingerprint density at radius 1 is 1.44 bits per heavy atom. The Morgan fingerprint density at radius 2 is 2.00 bits per heavy atom. The maximum absolute atomic E-state index is 12.2. The SMILES string of the molecule is CC(C)n1nnc(CO)c1C(=O)C(C)(C)C. The third-order valence-electron chi connectivity index (χ3n) is 2.30. The number of hydrogen-bond donors (Lipinski definition) is 1. The van der Waals surface area contributed by atoms with Crippen LogP contribution in [0, 0.1) is 5.41 Å². The van der Waals surface area contributed by atoms with Gasteiger partial charge in [0, 0.05) is 11.5 Å². The Labute approximate surface area is 95.5 Å². The molecular formula is C11H19N3O2. The molecule has 5 nitrogen and oxygen atoms in total. The molecule has 16 heavy (non-hydrogen) atoms. The number of ketones is 1. The average molecular weight is 225 g/mol. The number of Topliss-reactive ketones (excluding diaryl/α,β-unsaturated/α-hetero) is 1. The van der Waals surface area contributed by atoms with E-state index >= 15 is 0 Å². The van der Waals surface area contributed by atoms with E-state index in [2.05, 4.69) is 10.3 Å². The number of aromatic nitrogens is 3. The molecule has 0 aliphatic heterocycles. The lowest BCUT2D eigenvalue weighted by atomic mass is 9.88. The zero-order chi connectivity index (χ0) is 12.5. The van der Waals surface area contributed by atoms with Crippen molar-refractivity contribution in [3.8, 4) is 0 Å². The van der Waals surface area contributed by atoms with E-state index in [-0.39, 0.29) is 18.4 Å². The molecule has 1 aromatic heterocycles. The number of carbonyl (C=O) groups is 1. The molecule has 1 N–H and O–H groups in total. The highest BCUT2D eigenvalue weighted by molar-refractivity contribution is 5.99. The van der Waals surface area contributed by atoms with Crippen LogP contribution in [0.3, 0.4) is 0 Å². The van der Waals surface area contributed by atoms with E-state index in [1.807, 2.05) is 34.6 Å². The van der Waals surface area contributed by atoms with Gasteiger partial charge < -0.3 is 5.11 Å². The molecule has 1 aromatic rings. The Kier molecular flexibility index (Phi) is 3.48. The van der Waals surface area contributed by atoms with Crippen LogP contribution in [0.5, 0.6) is 0 Å². The van der Waals surface area contributed by atoms with Gasteiger partial charge in [-0.05, 0) is 13.8 Å². The van der Waals surface area contributed by atoms with Gasteiger partial charge in [-0.2, -0.15) is 0 Å². The van der Waals surface area contributed by atoms with Crippen molar-refractivity contribution in [2.24, 2.45) is 5.41 Å². The second kappa shape index (κ2) is 4.33. The molecule has 1 heterocycles. The molecule has 0 bridgehead atoms. The van der Waals surface area contributed by atoms with Gasteiger partial charge >= 0.3 is 0 Å². The highest BCUT2D eigenvalue weighted by Crippen LogP contribution is 2.24. The first-order valence-corrected chi connectivity index (χ1v) is 5.38. The highest BCUT2D eigenvalue weighted by Gasteiger charge is 2.30. The van der Waals surface area contributed by atoms with Crippen molar-refractivity contribution in [2.75, 3.05) is 0 Å². The van der Waals surface area contributed by atoms with Crippen LogP contribution < -0.4 is 0 Å². The van der Waals surface area contributed by atoms with Crippen LogP contribution in [0.2, 0.25) is 0 Å². The number of nitrogens with zero attached hydrogens (tertiary/aromatic N) is 3. The minimum absolute atomic E-state index is 0.0461. The first-order chi connectivity index (χ1) is 7.29. The van der Waals surface area contributed by atoms with Gasteiger partial charge in [-0.3, -0.25) is 4.79 Å². The van der Waals surface area contributed by atoms with Crippen molar-refractivity contribution in [1.82, 2.24) is 15.0 Å². The summed E-state index contributed by atoms with van der Waals surface area (Å²) >= 11 is 0. The lowest BCUT2D eigenvalue weighted by Gasteiger charge is -2.18. The van der Waals surface area contributed by atoms with Gasteiger partial charge in [-0.1, -0.05) is 26.0 Å². The summed E-state index contributed by atoms with van der Waals surface area (Å²) in [6.07, 6.45) is 0. The zero-order valence-electron chi connectivity index (χ0n) is 10.5. The van der Waals surface area contributed by atoms with Crippen molar-refractivity contribution in [1.29, 1.82) is 0 Å². The molecule has 5 heteroatoms. The third kappa shape index (κ3) is 2.29. The summed E-state index contributed by atoms with van der Waals surface area (Å²) in [5.41, 5.74) is 0.275. The van der Waals surface area contributed by atoms with Gasteiger partial charge in [0.1, 0.15) is 11.4 Å². The van der Waals surface area contributed by atoms with Crippen LogP contribution in [0.4, 0.5) is 0 Å². The fourth-order valence-corrected chi connectivity index (χ4v) is 1.38. The van der Waals surface area contributed by atoms with Crippen LogP contribution in [-0.2, 0) is 6.61 Å². The molecule has 0 saturated heterocycles. The van der Waals surface area contributed by atoms with E-state index in [0.29, 0.717) is 11.4 Å². The Morgan fingerprint density at radius 3 is 2.38 bits per heavy atom. The van der Waals surface area contributed by atoms with Gasteiger partial charge in [-0.25, -0.2) is 4.68 Å². The lowest BCUT2D eigenvalue weighted by Crippen LogP contribution is -2.25. The van der Waals surface area contributed by atoms with Gasteiger partial charge in [0.2, 0.25) is 0 Å². The predicted octanol–water partition coefficient (Wildman–Crippen LogP) is 1.58. The Balaban J connectivity index is 3.29. The van der Waals surface area contributed by atoms with Crippen LogP contribution in [0.25, 0.3) is 0 Å². The van der Waals surface area contributed by atoms with Gasteiger partial charge in [0.25, 0.3) is 0 Å². The maximum atomic E-state index is 12.2. The largest absolute Gasteiger partial charge is 0.390 e. The van der Waals surface area contributed by atoms with Crippen LogP contribution >= 0.6 is 0 Å². The van der Waals surface area contributed by atoms with Crippen molar-refractivity contribution in [3.63, 3.8) is 0 Å². The molecule has 0 aromatic carbocycles. The molecule has 0 amide bonds. The number of aliphatic hydroxyl groups is 1. The molecule has 0 aliphatic carbocycles. The topological polar surface area (TPSA) is 68.0 Å². The quantitative estimate of drug-likeness (QED) is 0.793. The first kappa shape index (κ1) is 12.8. The number of rotatable bonds is 3. The van der Waals surface area contributed by atoms with Gasteiger partial charge in [0.05, 0.1) is 6.61 Å². The zero-order valence-corrected chi connectivity index (χ0v) is 10.5. The molecule has 0 aliphatic rings. The highest BCUT2D eigenvalue weighted by atomic mass is 16.3. The normalized spacial score (nSPS) is 12.2. The second-order valence-electron chi connectivity index (χ2n) is 5.16. The molecule has 0 fully saturated rings. The molecule has 90 valence electrons. The number of hydrogen-bond acceptors (Lipinski definition) is 4. The molecule has 1 rings (SSSR count). The van der Waals surface area contributed by atoms with Crippen molar-refractivity contribution < 1.29 is 9.90 Å². The fraction of sp³-hybridized carbons (Fsp3) is 0.727. The van der Waals surface area contributed by atoms with E-state index in [0.717, 1.165) is 0 Å². The van der Waals surface area contributed by atoms with E-state index in [1.165, 1.54) is 0 Å². The van der Waals surface area contributed by atoms with Crippen LogP contribution in [0.1, 0.15) is 56.8 Å². The summed E-state index contributed by atoms with van der Waals surface area (Å²) in [6.45, 7) is 9.12. The molecular weight excluding hydrogens is 206 g/mol. The monoisotopic (exact) mass is 225 g/mol. The number of carbonyl (C=O) groups excluding carboxylic acids is 1. The second-order valence-corrected chi connectivity index (χ2v) is 5.16. The predicted molar refractivity (Wildman–Crippen MR) is 60.1 cm³/mol. The fourth-order valence-electron chi connectivity index (χ4n) is 1.38. The summed E-state index contributed by atoms with van der Waals surface area (Å²) in [7, 11) is 0.